The van der Waals surface area contributed by atoms with Crippen LogP contribution in [0.3, 0.4) is 0 Å². The molecule has 0 spiro atoms. The van der Waals surface area contributed by atoms with E-state index in [1.165, 1.54) is 31.2 Å². The quantitative estimate of drug-likeness (QED) is 0.534. The standard InChI is InChI=1S/C14H15I/c15-11-10-13-8-4-5-9-14(13)12-6-2-1-3-7-12/h1-3,6-7,13-14H,4-5,8-9H2/t13-,14-/m0/s1. The maximum atomic E-state index is 3.37. The Bertz CT molecular complexity index is 358. The minimum absolute atomic E-state index is 0.582. The van der Waals surface area contributed by atoms with Crippen LogP contribution in [-0.2, 0) is 0 Å². The fourth-order valence-corrected chi connectivity index (χ4v) is 2.87. The molecule has 0 nitrogen and oxygen atoms in total. The normalized spacial score (nSPS) is 25.4. The number of hydrogen-bond donors (Lipinski definition) is 0. The Morgan fingerprint density at radius 2 is 1.80 bits per heavy atom. The van der Waals surface area contributed by atoms with Crippen molar-refractivity contribution in [2.45, 2.75) is 31.6 Å². The largest absolute Gasteiger partial charge is 0.0878 e. The van der Waals surface area contributed by atoms with Gasteiger partial charge in [0, 0.05) is 28.5 Å². The average molecular weight is 310 g/mol. The van der Waals surface area contributed by atoms with E-state index >= 15 is 0 Å². The van der Waals surface area contributed by atoms with E-state index in [0.717, 1.165) is 0 Å². The zero-order chi connectivity index (χ0) is 10.5. The van der Waals surface area contributed by atoms with Crippen molar-refractivity contribution in [3.05, 3.63) is 35.9 Å². The summed E-state index contributed by atoms with van der Waals surface area (Å²) in [6, 6.07) is 10.9. The highest BCUT2D eigenvalue weighted by Gasteiger charge is 2.24. The Morgan fingerprint density at radius 1 is 1.07 bits per heavy atom. The van der Waals surface area contributed by atoms with Gasteiger partial charge in [0.1, 0.15) is 0 Å². The molecule has 15 heavy (non-hydrogen) atoms. The van der Waals surface area contributed by atoms with Gasteiger partial charge in [-0.2, -0.15) is 0 Å². The van der Waals surface area contributed by atoms with Crippen LogP contribution in [-0.4, -0.2) is 0 Å². The van der Waals surface area contributed by atoms with E-state index in [4.69, 9.17) is 0 Å². The van der Waals surface area contributed by atoms with Crippen LogP contribution in [0.25, 0.3) is 0 Å². The van der Waals surface area contributed by atoms with E-state index in [-0.39, 0.29) is 0 Å². The topological polar surface area (TPSA) is 0 Å². The van der Waals surface area contributed by atoms with Gasteiger partial charge in [-0.25, -0.2) is 0 Å². The third-order valence-electron chi connectivity index (χ3n) is 3.23. The molecule has 0 N–H and O–H groups in total. The molecule has 0 bridgehead atoms. The summed E-state index contributed by atoms with van der Waals surface area (Å²) in [4.78, 5) is 0. The van der Waals surface area contributed by atoms with Crippen LogP contribution in [0.1, 0.15) is 37.2 Å². The second-order valence-corrected chi connectivity index (χ2v) is 4.69. The maximum Gasteiger partial charge on any atom is 0.0279 e. The van der Waals surface area contributed by atoms with Crippen molar-refractivity contribution in [2.75, 3.05) is 0 Å². The Balaban J connectivity index is 2.20. The van der Waals surface area contributed by atoms with Gasteiger partial charge in [-0.1, -0.05) is 49.1 Å². The molecule has 78 valence electrons. The monoisotopic (exact) mass is 310 g/mol. The van der Waals surface area contributed by atoms with Crippen molar-refractivity contribution >= 4 is 22.6 Å². The third kappa shape index (κ3) is 2.75. The van der Waals surface area contributed by atoms with Crippen molar-refractivity contribution in [1.29, 1.82) is 0 Å². The predicted molar refractivity (Wildman–Crippen MR) is 72.9 cm³/mol. The summed E-state index contributed by atoms with van der Waals surface area (Å²) in [6.07, 6.45) is 5.29. The first-order valence-corrected chi connectivity index (χ1v) is 6.66. The van der Waals surface area contributed by atoms with Crippen molar-refractivity contribution in [3.63, 3.8) is 0 Å². The molecule has 1 aliphatic carbocycles. The molecule has 2 atom stereocenters. The highest BCUT2D eigenvalue weighted by Crippen LogP contribution is 2.37. The molecular weight excluding hydrogens is 295 g/mol. The highest BCUT2D eigenvalue weighted by atomic mass is 127. The second-order valence-electron chi connectivity index (χ2n) is 4.15. The molecule has 0 aliphatic heterocycles. The van der Waals surface area contributed by atoms with Crippen LogP contribution in [0.15, 0.2) is 30.3 Å². The maximum absolute atomic E-state index is 3.37. The van der Waals surface area contributed by atoms with Crippen molar-refractivity contribution < 1.29 is 0 Å². The molecule has 2 rings (SSSR count). The first-order valence-electron chi connectivity index (χ1n) is 5.58. The van der Waals surface area contributed by atoms with E-state index in [1.807, 2.05) is 0 Å². The fourth-order valence-electron chi connectivity index (χ4n) is 2.47. The molecule has 1 heteroatoms. The van der Waals surface area contributed by atoms with E-state index in [9.17, 15) is 0 Å². The van der Waals surface area contributed by atoms with Crippen molar-refractivity contribution in [1.82, 2.24) is 0 Å². The number of hydrogen-bond acceptors (Lipinski definition) is 0. The molecule has 1 aromatic carbocycles. The molecule has 0 aromatic heterocycles. The van der Waals surface area contributed by atoms with Crippen LogP contribution in [0.2, 0.25) is 0 Å². The van der Waals surface area contributed by atoms with E-state index in [1.54, 1.807) is 0 Å². The lowest BCUT2D eigenvalue weighted by molar-refractivity contribution is 0.372. The minimum atomic E-state index is 0.582. The summed E-state index contributed by atoms with van der Waals surface area (Å²) < 4.78 is 3.06. The molecule has 1 saturated carbocycles. The van der Waals surface area contributed by atoms with Gasteiger partial charge >= 0.3 is 0 Å². The van der Waals surface area contributed by atoms with Crippen LogP contribution in [0.4, 0.5) is 0 Å². The van der Waals surface area contributed by atoms with E-state index in [2.05, 4.69) is 62.8 Å². The molecule has 0 amide bonds. The van der Waals surface area contributed by atoms with Gasteiger partial charge < -0.3 is 0 Å². The van der Waals surface area contributed by atoms with Crippen LogP contribution < -0.4 is 0 Å². The van der Waals surface area contributed by atoms with Gasteiger partial charge in [0.05, 0.1) is 0 Å². The third-order valence-corrected chi connectivity index (χ3v) is 3.55. The Labute approximate surface area is 106 Å². The van der Waals surface area contributed by atoms with Crippen LogP contribution >= 0.6 is 22.6 Å². The summed E-state index contributed by atoms with van der Waals surface area (Å²) in [5.74, 6) is 4.62. The fraction of sp³-hybridized carbons (Fsp3) is 0.429. The summed E-state index contributed by atoms with van der Waals surface area (Å²) in [5.41, 5.74) is 1.47. The van der Waals surface area contributed by atoms with Crippen molar-refractivity contribution in [2.24, 2.45) is 5.92 Å². The summed E-state index contributed by atoms with van der Waals surface area (Å²) >= 11 is 2.16. The van der Waals surface area contributed by atoms with Crippen LogP contribution in [0, 0.1) is 15.8 Å². The zero-order valence-corrected chi connectivity index (χ0v) is 10.9. The molecular formula is C14H15I. The minimum Gasteiger partial charge on any atom is -0.0878 e. The summed E-state index contributed by atoms with van der Waals surface area (Å²) in [6.45, 7) is 0. The Kier molecular flexibility index (Phi) is 4.08. The first kappa shape index (κ1) is 11.0. The van der Waals surface area contributed by atoms with Gasteiger partial charge in [-0.15, -0.1) is 0 Å². The lowest BCUT2D eigenvalue weighted by Crippen LogP contribution is -2.16. The molecule has 1 fully saturated rings. The summed E-state index contributed by atoms with van der Waals surface area (Å²) in [7, 11) is 0. The number of benzene rings is 1. The molecule has 1 aliphatic rings. The second kappa shape index (κ2) is 5.55. The Morgan fingerprint density at radius 3 is 2.53 bits per heavy atom. The predicted octanol–water partition coefficient (Wildman–Crippen LogP) is 4.36. The first-order chi connectivity index (χ1) is 7.42. The number of halogens is 1. The smallest absolute Gasteiger partial charge is 0.0279 e. The Hall–Kier alpha value is -0.490. The van der Waals surface area contributed by atoms with E-state index in [0.29, 0.717) is 11.8 Å². The number of rotatable bonds is 1. The zero-order valence-electron chi connectivity index (χ0n) is 8.75. The molecule has 0 heterocycles. The highest BCUT2D eigenvalue weighted by molar-refractivity contribution is 14.1. The van der Waals surface area contributed by atoms with Gasteiger partial charge in [0.2, 0.25) is 0 Å². The van der Waals surface area contributed by atoms with Gasteiger partial charge in [-0.05, 0) is 28.3 Å². The summed E-state index contributed by atoms with van der Waals surface area (Å²) in [5, 5.41) is 0. The molecule has 0 unspecified atom stereocenters. The van der Waals surface area contributed by atoms with Crippen LogP contribution in [0.5, 0.6) is 0 Å². The van der Waals surface area contributed by atoms with Gasteiger partial charge in [0.15, 0.2) is 0 Å². The van der Waals surface area contributed by atoms with Crippen molar-refractivity contribution in [3.8, 4) is 9.85 Å². The van der Waals surface area contributed by atoms with Gasteiger partial charge in [0.25, 0.3) is 0 Å². The van der Waals surface area contributed by atoms with Gasteiger partial charge in [-0.3, -0.25) is 0 Å². The van der Waals surface area contributed by atoms with E-state index < -0.39 is 0 Å². The SMILES string of the molecule is IC#C[C@@H]1CCCC[C@H]1c1ccccc1. The molecule has 0 saturated heterocycles. The molecule has 0 radical (unpaired) electrons. The average Bonchev–Trinajstić information content (AvgIpc) is 2.31. The lowest BCUT2D eigenvalue weighted by Gasteiger charge is -2.28. The lowest BCUT2D eigenvalue weighted by atomic mass is 9.76. The molecule has 1 aromatic rings.